The minimum atomic E-state index is 0.926. The SMILES string of the molecule is CCN(C)CCNC(=NC)N1CCc2ccccc21. The molecule has 1 aliphatic rings. The van der Waals surface area contributed by atoms with Crippen molar-refractivity contribution in [3.63, 3.8) is 0 Å². The van der Waals surface area contributed by atoms with Crippen LogP contribution in [0.25, 0.3) is 0 Å². The van der Waals surface area contributed by atoms with Gasteiger partial charge in [0.05, 0.1) is 0 Å². The fourth-order valence-corrected chi connectivity index (χ4v) is 2.37. The van der Waals surface area contributed by atoms with E-state index in [-0.39, 0.29) is 0 Å². The Bertz CT molecular complexity index is 442. The molecule has 2 rings (SSSR count). The zero-order chi connectivity index (χ0) is 13.7. The molecule has 1 aliphatic heterocycles. The van der Waals surface area contributed by atoms with Gasteiger partial charge in [-0.2, -0.15) is 0 Å². The quantitative estimate of drug-likeness (QED) is 0.658. The van der Waals surface area contributed by atoms with Crippen molar-refractivity contribution in [1.29, 1.82) is 0 Å². The third-order valence-corrected chi connectivity index (χ3v) is 3.67. The first-order valence-electron chi connectivity index (χ1n) is 7.01. The van der Waals surface area contributed by atoms with Crippen molar-refractivity contribution >= 4 is 11.6 Å². The Kier molecular flexibility index (Phi) is 4.80. The molecule has 0 bridgehead atoms. The summed E-state index contributed by atoms with van der Waals surface area (Å²) in [7, 11) is 3.99. The van der Waals surface area contributed by atoms with Gasteiger partial charge in [0, 0.05) is 32.4 Å². The first-order valence-corrected chi connectivity index (χ1v) is 7.01. The molecule has 0 aromatic heterocycles. The van der Waals surface area contributed by atoms with E-state index < -0.39 is 0 Å². The van der Waals surface area contributed by atoms with Gasteiger partial charge in [-0.05, 0) is 31.6 Å². The van der Waals surface area contributed by atoms with E-state index in [2.05, 4.69) is 58.3 Å². The highest BCUT2D eigenvalue weighted by molar-refractivity contribution is 5.97. The van der Waals surface area contributed by atoms with Crippen molar-refractivity contribution < 1.29 is 0 Å². The number of hydrogen-bond donors (Lipinski definition) is 1. The molecule has 104 valence electrons. The molecule has 0 atom stereocenters. The van der Waals surface area contributed by atoms with Gasteiger partial charge in [-0.25, -0.2) is 0 Å². The lowest BCUT2D eigenvalue weighted by Crippen LogP contribution is -2.43. The number of hydrogen-bond acceptors (Lipinski definition) is 2. The van der Waals surface area contributed by atoms with Crippen molar-refractivity contribution in [3.05, 3.63) is 29.8 Å². The van der Waals surface area contributed by atoms with E-state index in [1.54, 1.807) is 0 Å². The summed E-state index contributed by atoms with van der Waals surface area (Å²) in [6.45, 7) is 6.22. The smallest absolute Gasteiger partial charge is 0.198 e. The van der Waals surface area contributed by atoms with E-state index >= 15 is 0 Å². The fraction of sp³-hybridized carbons (Fsp3) is 0.533. The number of fused-ring (bicyclic) bond motifs is 1. The first kappa shape index (κ1) is 13.9. The summed E-state index contributed by atoms with van der Waals surface area (Å²) in [5.41, 5.74) is 2.70. The van der Waals surface area contributed by atoms with Crippen LogP contribution < -0.4 is 10.2 Å². The van der Waals surface area contributed by atoms with E-state index in [0.29, 0.717) is 0 Å². The summed E-state index contributed by atoms with van der Waals surface area (Å²) in [6.07, 6.45) is 1.10. The predicted octanol–water partition coefficient (Wildman–Crippen LogP) is 1.58. The van der Waals surface area contributed by atoms with Gasteiger partial charge in [-0.3, -0.25) is 4.99 Å². The second-order valence-corrected chi connectivity index (χ2v) is 4.90. The highest BCUT2D eigenvalue weighted by atomic mass is 15.3. The maximum atomic E-state index is 4.40. The third-order valence-electron chi connectivity index (χ3n) is 3.67. The van der Waals surface area contributed by atoms with E-state index in [1.165, 1.54) is 11.3 Å². The fourth-order valence-electron chi connectivity index (χ4n) is 2.37. The molecule has 0 radical (unpaired) electrons. The maximum Gasteiger partial charge on any atom is 0.198 e. The topological polar surface area (TPSA) is 30.9 Å². The number of anilines is 1. The lowest BCUT2D eigenvalue weighted by molar-refractivity contribution is 0.357. The number of rotatable bonds is 4. The summed E-state index contributed by atoms with van der Waals surface area (Å²) in [5.74, 6) is 0.981. The molecule has 0 unspecified atom stereocenters. The summed E-state index contributed by atoms with van der Waals surface area (Å²) in [5, 5.41) is 3.45. The van der Waals surface area contributed by atoms with Gasteiger partial charge in [0.15, 0.2) is 5.96 Å². The zero-order valence-corrected chi connectivity index (χ0v) is 12.2. The molecule has 0 amide bonds. The number of para-hydroxylation sites is 1. The molecule has 1 N–H and O–H groups in total. The summed E-state index contributed by atoms with van der Waals surface area (Å²) >= 11 is 0. The largest absolute Gasteiger partial charge is 0.355 e. The second-order valence-electron chi connectivity index (χ2n) is 4.90. The van der Waals surface area contributed by atoms with Crippen LogP contribution in [0, 0.1) is 0 Å². The normalized spacial score (nSPS) is 14.9. The van der Waals surface area contributed by atoms with Crippen LogP contribution >= 0.6 is 0 Å². The average Bonchev–Trinajstić information content (AvgIpc) is 2.87. The number of nitrogens with zero attached hydrogens (tertiary/aromatic N) is 3. The van der Waals surface area contributed by atoms with Crippen molar-refractivity contribution in [3.8, 4) is 0 Å². The molecule has 0 aliphatic carbocycles. The van der Waals surface area contributed by atoms with Crippen LogP contribution in [0.1, 0.15) is 12.5 Å². The minimum absolute atomic E-state index is 0.926. The number of benzene rings is 1. The van der Waals surface area contributed by atoms with E-state index in [1.807, 2.05) is 7.05 Å². The number of guanidine groups is 1. The minimum Gasteiger partial charge on any atom is -0.355 e. The van der Waals surface area contributed by atoms with Gasteiger partial charge in [-0.15, -0.1) is 0 Å². The van der Waals surface area contributed by atoms with E-state index in [4.69, 9.17) is 0 Å². The van der Waals surface area contributed by atoms with Gasteiger partial charge >= 0.3 is 0 Å². The van der Waals surface area contributed by atoms with Gasteiger partial charge in [0.2, 0.25) is 0 Å². The number of aliphatic imine (C=N–C) groups is 1. The zero-order valence-electron chi connectivity index (χ0n) is 12.2. The third kappa shape index (κ3) is 3.26. The average molecular weight is 260 g/mol. The molecular weight excluding hydrogens is 236 g/mol. The standard InChI is InChI=1S/C15H24N4/c1-4-18(3)12-10-17-15(16-2)19-11-9-13-7-5-6-8-14(13)19/h5-8H,4,9-12H2,1-3H3,(H,16,17). The summed E-state index contributed by atoms with van der Waals surface area (Å²) in [6, 6.07) is 8.57. The highest BCUT2D eigenvalue weighted by Crippen LogP contribution is 2.27. The van der Waals surface area contributed by atoms with Crippen LogP contribution in [-0.4, -0.2) is 51.1 Å². The lowest BCUT2D eigenvalue weighted by Gasteiger charge is -2.23. The lowest BCUT2D eigenvalue weighted by atomic mass is 10.2. The van der Waals surface area contributed by atoms with Crippen LogP contribution in [0.2, 0.25) is 0 Å². The molecule has 4 nitrogen and oxygen atoms in total. The predicted molar refractivity (Wildman–Crippen MR) is 82.0 cm³/mol. The van der Waals surface area contributed by atoms with Crippen molar-refractivity contribution in [1.82, 2.24) is 10.2 Å². The summed E-state index contributed by atoms with van der Waals surface area (Å²) in [4.78, 5) is 8.97. The Morgan fingerprint density at radius 2 is 2.21 bits per heavy atom. The maximum absolute atomic E-state index is 4.40. The van der Waals surface area contributed by atoms with Gasteiger partial charge < -0.3 is 15.1 Å². The van der Waals surface area contributed by atoms with E-state index in [0.717, 1.165) is 38.6 Å². The first-order chi connectivity index (χ1) is 9.26. The molecule has 0 spiro atoms. The Hall–Kier alpha value is -1.55. The van der Waals surface area contributed by atoms with Gasteiger partial charge in [-0.1, -0.05) is 25.1 Å². The molecule has 1 aromatic rings. The molecule has 0 fully saturated rings. The molecular formula is C15H24N4. The molecule has 4 heteroatoms. The van der Waals surface area contributed by atoms with Crippen LogP contribution in [0.5, 0.6) is 0 Å². The monoisotopic (exact) mass is 260 g/mol. The van der Waals surface area contributed by atoms with Crippen molar-refractivity contribution in [2.45, 2.75) is 13.3 Å². The van der Waals surface area contributed by atoms with Crippen LogP contribution in [0.4, 0.5) is 5.69 Å². The summed E-state index contributed by atoms with van der Waals surface area (Å²) < 4.78 is 0. The van der Waals surface area contributed by atoms with Crippen LogP contribution in [0.3, 0.4) is 0 Å². The highest BCUT2D eigenvalue weighted by Gasteiger charge is 2.21. The van der Waals surface area contributed by atoms with Crippen LogP contribution in [0.15, 0.2) is 29.3 Å². The van der Waals surface area contributed by atoms with Gasteiger partial charge in [0.25, 0.3) is 0 Å². The molecule has 0 saturated heterocycles. The Morgan fingerprint density at radius 1 is 1.42 bits per heavy atom. The Morgan fingerprint density at radius 3 is 2.95 bits per heavy atom. The number of likely N-dealkylation sites (N-methyl/N-ethyl adjacent to an activating group) is 1. The molecule has 1 heterocycles. The number of nitrogens with one attached hydrogen (secondary N) is 1. The molecule has 19 heavy (non-hydrogen) atoms. The molecule has 1 aromatic carbocycles. The van der Waals surface area contributed by atoms with Crippen molar-refractivity contribution in [2.75, 3.05) is 45.2 Å². The second kappa shape index (κ2) is 6.57. The van der Waals surface area contributed by atoms with Gasteiger partial charge in [0.1, 0.15) is 0 Å². The Balaban J connectivity index is 1.97. The van der Waals surface area contributed by atoms with Crippen LogP contribution in [-0.2, 0) is 6.42 Å². The molecule has 0 saturated carbocycles. The Labute approximate surface area is 116 Å². The van der Waals surface area contributed by atoms with E-state index in [9.17, 15) is 0 Å². The van der Waals surface area contributed by atoms with Crippen molar-refractivity contribution in [2.24, 2.45) is 4.99 Å².